The molecule has 0 spiro atoms. The summed E-state index contributed by atoms with van der Waals surface area (Å²) < 4.78 is 0.852. The first-order valence-corrected chi connectivity index (χ1v) is 10.2. The highest BCUT2D eigenvalue weighted by atomic mass is 32.1. The minimum absolute atomic E-state index is 0.0918. The fourth-order valence-corrected chi connectivity index (χ4v) is 3.81. The lowest BCUT2D eigenvalue weighted by Gasteiger charge is -2.08. The summed E-state index contributed by atoms with van der Waals surface area (Å²) in [4.78, 5) is 50.3. The zero-order valence-corrected chi connectivity index (χ0v) is 17.5. The van der Waals surface area contributed by atoms with Gasteiger partial charge in [0.05, 0.1) is 35.5 Å². The molecule has 4 aromatic rings. The summed E-state index contributed by atoms with van der Waals surface area (Å²) in [6.07, 6.45) is 2.66. The Morgan fingerprint density at radius 2 is 1.90 bits per heavy atom. The molecule has 0 fully saturated rings. The van der Waals surface area contributed by atoms with Crippen molar-refractivity contribution in [1.29, 1.82) is 0 Å². The molecule has 4 N–H and O–H groups in total. The number of rotatable bonds is 5. The highest BCUT2D eigenvalue weighted by Gasteiger charge is 2.13. The van der Waals surface area contributed by atoms with Gasteiger partial charge in [0, 0.05) is 22.5 Å². The number of carbonyl (C=O) groups excluding carboxylic acids is 1. The van der Waals surface area contributed by atoms with E-state index in [1.54, 1.807) is 36.6 Å². The molecule has 3 aromatic heterocycles. The van der Waals surface area contributed by atoms with E-state index in [1.165, 1.54) is 17.3 Å². The fourth-order valence-electron chi connectivity index (χ4n) is 2.98. The van der Waals surface area contributed by atoms with Crippen molar-refractivity contribution in [2.45, 2.75) is 13.5 Å². The number of thiophene rings is 1. The third-order valence-corrected chi connectivity index (χ3v) is 5.50. The van der Waals surface area contributed by atoms with E-state index >= 15 is 0 Å². The number of amides is 2. The van der Waals surface area contributed by atoms with E-state index in [4.69, 9.17) is 0 Å². The van der Waals surface area contributed by atoms with E-state index in [9.17, 15) is 14.4 Å². The van der Waals surface area contributed by atoms with Crippen LogP contribution < -0.4 is 27.2 Å². The quantitative estimate of drug-likeness (QED) is 0.378. The van der Waals surface area contributed by atoms with Crippen molar-refractivity contribution >= 4 is 39.6 Å². The highest BCUT2D eigenvalue weighted by Crippen LogP contribution is 2.15. The normalized spacial score (nSPS) is 10.8. The standard InChI is InChI=1S/C20H19N7O3S/c1-11-3-5-14(31-11)10-24-19(29)25-13-8-22-18(23-9-13)27-17(28)15-6-4-12(21-2)7-16(15)26-20(27)30/h3-9,21H,10H2,1-2H3,(H,26,30)(H2,24,25,29). The Kier molecular flexibility index (Phi) is 5.50. The molecule has 0 unspecified atom stereocenters. The van der Waals surface area contributed by atoms with Gasteiger partial charge < -0.3 is 20.9 Å². The van der Waals surface area contributed by atoms with Gasteiger partial charge in [0.15, 0.2) is 0 Å². The van der Waals surface area contributed by atoms with Crippen molar-refractivity contribution in [2.75, 3.05) is 17.7 Å². The number of aromatic amines is 1. The van der Waals surface area contributed by atoms with E-state index in [0.717, 1.165) is 15.1 Å². The number of hydrogen-bond donors (Lipinski definition) is 4. The second-order valence-corrected chi connectivity index (χ2v) is 8.05. The Labute approximate surface area is 180 Å². The summed E-state index contributed by atoms with van der Waals surface area (Å²) in [5.74, 6) is -0.0918. The van der Waals surface area contributed by atoms with Crippen LogP contribution >= 0.6 is 11.3 Å². The zero-order valence-electron chi connectivity index (χ0n) is 16.7. The van der Waals surface area contributed by atoms with Crippen LogP contribution in [0.15, 0.2) is 52.3 Å². The van der Waals surface area contributed by atoms with Crippen LogP contribution in [0, 0.1) is 6.92 Å². The molecule has 10 nitrogen and oxygen atoms in total. The zero-order chi connectivity index (χ0) is 22.0. The van der Waals surface area contributed by atoms with E-state index < -0.39 is 17.3 Å². The maximum atomic E-state index is 12.8. The summed E-state index contributed by atoms with van der Waals surface area (Å²) in [5.41, 5.74) is 0.308. The minimum Gasteiger partial charge on any atom is -0.388 e. The van der Waals surface area contributed by atoms with E-state index in [0.29, 0.717) is 23.1 Å². The summed E-state index contributed by atoms with van der Waals surface area (Å²) in [6, 6.07) is 8.55. The molecular weight excluding hydrogens is 418 g/mol. The topological polar surface area (TPSA) is 134 Å². The van der Waals surface area contributed by atoms with Crippen molar-refractivity contribution in [3.8, 4) is 5.95 Å². The number of nitrogens with one attached hydrogen (secondary N) is 4. The molecule has 0 saturated heterocycles. The average Bonchev–Trinajstić information content (AvgIpc) is 3.18. The molecule has 0 aliphatic carbocycles. The molecule has 0 atom stereocenters. The average molecular weight is 437 g/mol. The van der Waals surface area contributed by atoms with Gasteiger partial charge in [-0.2, -0.15) is 4.57 Å². The van der Waals surface area contributed by atoms with Gasteiger partial charge in [0.1, 0.15) is 0 Å². The van der Waals surface area contributed by atoms with Crippen LogP contribution in [0.5, 0.6) is 0 Å². The number of aryl methyl sites for hydroxylation is 1. The Morgan fingerprint density at radius 3 is 2.58 bits per heavy atom. The molecule has 4 rings (SSSR count). The first-order valence-electron chi connectivity index (χ1n) is 9.34. The molecule has 0 aliphatic heterocycles. The van der Waals surface area contributed by atoms with Gasteiger partial charge in [-0.25, -0.2) is 19.6 Å². The third kappa shape index (κ3) is 4.31. The summed E-state index contributed by atoms with van der Waals surface area (Å²) in [5, 5.41) is 8.64. The first kappa shape index (κ1) is 20.3. The first-order chi connectivity index (χ1) is 14.9. The number of nitrogens with zero attached hydrogens (tertiary/aromatic N) is 3. The molecule has 0 bridgehead atoms. The molecule has 158 valence electrons. The molecular formula is C20H19N7O3S. The number of aromatic nitrogens is 4. The molecule has 0 radical (unpaired) electrons. The predicted molar refractivity (Wildman–Crippen MR) is 120 cm³/mol. The number of H-pyrrole nitrogens is 1. The van der Waals surface area contributed by atoms with Crippen molar-refractivity contribution < 1.29 is 4.79 Å². The largest absolute Gasteiger partial charge is 0.388 e. The summed E-state index contributed by atoms with van der Waals surface area (Å²) in [7, 11) is 1.74. The third-order valence-electron chi connectivity index (χ3n) is 4.50. The van der Waals surface area contributed by atoms with Gasteiger partial charge >= 0.3 is 11.7 Å². The number of benzene rings is 1. The van der Waals surface area contributed by atoms with Gasteiger partial charge in [-0.15, -0.1) is 11.3 Å². The molecule has 0 aliphatic rings. The van der Waals surface area contributed by atoms with E-state index in [-0.39, 0.29) is 5.95 Å². The van der Waals surface area contributed by atoms with Gasteiger partial charge in [-0.1, -0.05) is 0 Å². The van der Waals surface area contributed by atoms with Crippen LogP contribution in [0.1, 0.15) is 9.75 Å². The Balaban J connectivity index is 1.52. The lowest BCUT2D eigenvalue weighted by molar-refractivity contribution is 0.252. The van der Waals surface area contributed by atoms with Crippen LogP contribution in [0.25, 0.3) is 16.9 Å². The van der Waals surface area contributed by atoms with Crippen LogP contribution in [0.2, 0.25) is 0 Å². The molecule has 0 saturated carbocycles. The van der Waals surface area contributed by atoms with Crippen LogP contribution in [0.4, 0.5) is 16.2 Å². The Bertz CT molecular complexity index is 1370. The number of carbonyl (C=O) groups is 1. The maximum absolute atomic E-state index is 12.8. The molecule has 31 heavy (non-hydrogen) atoms. The summed E-state index contributed by atoms with van der Waals surface area (Å²) in [6.45, 7) is 2.40. The summed E-state index contributed by atoms with van der Waals surface area (Å²) >= 11 is 1.61. The number of anilines is 2. The number of fused-ring (bicyclic) bond motifs is 1. The maximum Gasteiger partial charge on any atom is 0.335 e. The Hall–Kier alpha value is -3.99. The molecule has 1 aromatic carbocycles. The van der Waals surface area contributed by atoms with Crippen LogP contribution in [-0.2, 0) is 6.54 Å². The molecule has 11 heteroatoms. The van der Waals surface area contributed by atoms with Crippen molar-refractivity contribution in [1.82, 2.24) is 24.8 Å². The second-order valence-electron chi connectivity index (χ2n) is 6.67. The second kappa shape index (κ2) is 8.40. The van der Waals surface area contributed by atoms with Crippen LogP contribution in [0.3, 0.4) is 0 Å². The Morgan fingerprint density at radius 1 is 1.13 bits per heavy atom. The van der Waals surface area contributed by atoms with Gasteiger partial charge in [0.2, 0.25) is 5.95 Å². The van der Waals surface area contributed by atoms with Crippen molar-refractivity contribution in [3.05, 3.63) is 73.3 Å². The van der Waals surface area contributed by atoms with E-state index in [1.807, 2.05) is 19.1 Å². The van der Waals surface area contributed by atoms with Crippen LogP contribution in [-0.4, -0.2) is 32.6 Å². The molecule has 3 heterocycles. The smallest absolute Gasteiger partial charge is 0.335 e. The number of urea groups is 1. The monoisotopic (exact) mass is 437 g/mol. The SMILES string of the molecule is CNc1ccc2c(=O)n(-c3ncc(NC(=O)NCc4ccc(C)s4)cn3)c(=O)[nH]c2c1. The lowest BCUT2D eigenvalue weighted by Crippen LogP contribution is -2.35. The lowest BCUT2D eigenvalue weighted by atomic mass is 10.2. The highest BCUT2D eigenvalue weighted by molar-refractivity contribution is 7.11. The number of hydrogen-bond acceptors (Lipinski definition) is 7. The van der Waals surface area contributed by atoms with Gasteiger partial charge in [0.25, 0.3) is 5.56 Å². The van der Waals surface area contributed by atoms with Gasteiger partial charge in [-0.3, -0.25) is 4.79 Å². The molecule has 2 amide bonds. The minimum atomic E-state index is -0.657. The van der Waals surface area contributed by atoms with Crippen molar-refractivity contribution in [2.24, 2.45) is 0 Å². The van der Waals surface area contributed by atoms with Crippen molar-refractivity contribution in [3.63, 3.8) is 0 Å². The predicted octanol–water partition coefficient (Wildman–Crippen LogP) is 2.20. The van der Waals surface area contributed by atoms with E-state index in [2.05, 4.69) is 30.9 Å². The fraction of sp³-hybridized carbons (Fsp3) is 0.150. The van der Waals surface area contributed by atoms with Gasteiger partial charge in [-0.05, 0) is 37.3 Å².